The molecule has 1 aromatic heterocycles. The number of allylic oxidation sites excluding steroid dienone is 2. The smallest absolute Gasteiger partial charge is 0.223 e. The van der Waals surface area contributed by atoms with Gasteiger partial charge in [0.15, 0.2) is 5.82 Å². The Balaban J connectivity index is 1.50. The molecule has 1 aliphatic heterocycles. The van der Waals surface area contributed by atoms with Crippen molar-refractivity contribution in [1.82, 2.24) is 19.9 Å². The number of rotatable bonds is 6. The minimum atomic E-state index is 0.644. The third kappa shape index (κ3) is 4.90. The lowest BCUT2D eigenvalue weighted by molar-refractivity contribution is 0.168. The summed E-state index contributed by atoms with van der Waals surface area (Å²) in [5.41, 5.74) is 0. The summed E-state index contributed by atoms with van der Waals surface area (Å²) in [5.74, 6) is 2.36. The predicted molar refractivity (Wildman–Crippen MR) is 95.7 cm³/mol. The lowest BCUT2D eigenvalue weighted by Gasteiger charge is -2.29. The van der Waals surface area contributed by atoms with Crippen LogP contribution in [0.5, 0.6) is 0 Å². The zero-order valence-electron chi connectivity index (χ0n) is 15.3. The highest BCUT2D eigenvalue weighted by Gasteiger charge is 2.24. The second kappa shape index (κ2) is 8.77. The Bertz CT molecular complexity index is 527. The highest BCUT2D eigenvalue weighted by Crippen LogP contribution is 2.23. The molecule has 0 spiro atoms. The molecule has 2 atom stereocenters. The fraction of sp³-hybridized carbons (Fsp3) is 0.789. The van der Waals surface area contributed by atoms with Crippen LogP contribution in [0, 0.1) is 12.8 Å². The SMILES string of the molecule is CCN(Cc1noc(C)n1)[C@@H]1CCCN(C[C@H]2CC=CCC2)CC1. The quantitative estimate of drug-likeness (QED) is 0.747. The van der Waals surface area contributed by atoms with Crippen molar-refractivity contribution in [2.45, 2.75) is 65.0 Å². The molecule has 0 aromatic carbocycles. The van der Waals surface area contributed by atoms with Gasteiger partial charge in [0.1, 0.15) is 0 Å². The molecule has 134 valence electrons. The third-order valence-corrected chi connectivity index (χ3v) is 5.52. The normalized spacial score (nSPS) is 26.0. The van der Waals surface area contributed by atoms with Gasteiger partial charge in [-0.15, -0.1) is 0 Å². The van der Waals surface area contributed by atoms with E-state index in [2.05, 4.69) is 39.0 Å². The van der Waals surface area contributed by atoms with Crippen molar-refractivity contribution >= 4 is 0 Å². The lowest BCUT2D eigenvalue weighted by atomic mass is 9.94. The van der Waals surface area contributed by atoms with Crippen molar-refractivity contribution in [1.29, 1.82) is 0 Å². The van der Waals surface area contributed by atoms with Gasteiger partial charge in [-0.3, -0.25) is 4.90 Å². The second-order valence-electron chi connectivity index (χ2n) is 7.33. The van der Waals surface area contributed by atoms with E-state index in [1.54, 1.807) is 0 Å². The van der Waals surface area contributed by atoms with Crippen LogP contribution in [0.1, 0.15) is 57.2 Å². The Morgan fingerprint density at radius 2 is 2.17 bits per heavy atom. The van der Waals surface area contributed by atoms with Crippen LogP contribution >= 0.6 is 0 Å². The van der Waals surface area contributed by atoms with Crippen molar-refractivity contribution in [2.24, 2.45) is 5.92 Å². The Morgan fingerprint density at radius 3 is 2.88 bits per heavy atom. The summed E-state index contributed by atoms with van der Waals surface area (Å²) in [6, 6.07) is 0.644. The molecule has 2 aliphatic rings. The van der Waals surface area contributed by atoms with Crippen LogP contribution in [0.3, 0.4) is 0 Å². The summed E-state index contributed by atoms with van der Waals surface area (Å²) in [7, 11) is 0. The molecule has 0 amide bonds. The highest BCUT2D eigenvalue weighted by molar-refractivity contribution is 4.91. The maximum absolute atomic E-state index is 5.12. The van der Waals surface area contributed by atoms with Crippen molar-refractivity contribution in [2.75, 3.05) is 26.2 Å². The van der Waals surface area contributed by atoms with Crippen LogP contribution in [0.15, 0.2) is 16.7 Å². The molecule has 1 aromatic rings. The number of aryl methyl sites for hydroxylation is 1. The summed E-state index contributed by atoms with van der Waals surface area (Å²) >= 11 is 0. The van der Waals surface area contributed by atoms with Crippen LogP contribution in [-0.2, 0) is 6.54 Å². The summed E-state index contributed by atoms with van der Waals surface area (Å²) in [6.07, 6.45) is 12.5. The molecule has 0 unspecified atom stereocenters. The average Bonchev–Trinajstić information content (AvgIpc) is 2.87. The summed E-state index contributed by atoms with van der Waals surface area (Å²) in [4.78, 5) is 9.60. The van der Waals surface area contributed by atoms with E-state index in [4.69, 9.17) is 4.52 Å². The van der Waals surface area contributed by atoms with Gasteiger partial charge in [0, 0.05) is 19.5 Å². The number of nitrogens with zero attached hydrogens (tertiary/aromatic N) is 4. The van der Waals surface area contributed by atoms with Gasteiger partial charge < -0.3 is 9.42 Å². The summed E-state index contributed by atoms with van der Waals surface area (Å²) in [6.45, 7) is 9.73. The average molecular weight is 332 g/mol. The molecular formula is C19H32N4O. The number of hydrogen-bond acceptors (Lipinski definition) is 5. The van der Waals surface area contributed by atoms with Crippen molar-refractivity contribution in [3.8, 4) is 0 Å². The Hall–Kier alpha value is -1.20. The van der Waals surface area contributed by atoms with E-state index in [0.717, 1.165) is 24.8 Å². The molecule has 0 bridgehead atoms. The minimum absolute atomic E-state index is 0.644. The van der Waals surface area contributed by atoms with E-state index >= 15 is 0 Å². The van der Waals surface area contributed by atoms with Gasteiger partial charge in [-0.2, -0.15) is 4.98 Å². The molecule has 0 N–H and O–H groups in total. The molecule has 2 heterocycles. The molecule has 5 nitrogen and oxygen atoms in total. The molecule has 0 radical (unpaired) electrons. The molecule has 1 saturated heterocycles. The van der Waals surface area contributed by atoms with Crippen LogP contribution in [-0.4, -0.2) is 52.2 Å². The monoisotopic (exact) mass is 332 g/mol. The zero-order chi connectivity index (χ0) is 16.8. The van der Waals surface area contributed by atoms with E-state index in [1.165, 1.54) is 58.2 Å². The van der Waals surface area contributed by atoms with Crippen molar-refractivity contribution in [3.05, 3.63) is 23.9 Å². The molecule has 5 heteroatoms. The van der Waals surface area contributed by atoms with Gasteiger partial charge in [0.2, 0.25) is 5.89 Å². The van der Waals surface area contributed by atoms with Gasteiger partial charge in [0.25, 0.3) is 0 Å². The first kappa shape index (κ1) is 17.6. The molecule has 24 heavy (non-hydrogen) atoms. The molecular weight excluding hydrogens is 300 g/mol. The fourth-order valence-corrected chi connectivity index (χ4v) is 4.16. The fourth-order valence-electron chi connectivity index (χ4n) is 4.16. The van der Waals surface area contributed by atoms with Crippen LogP contribution in [0.2, 0.25) is 0 Å². The molecule has 0 saturated carbocycles. The van der Waals surface area contributed by atoms with E-state index < -0.39 is 0 Å². The van der Waals surface area contributed by atoms with Crippen LogP contribution in [0.4, 0.5) is 0 Å². The van der Waals surface area contributed by atoms with E-state index in [9.17, 15) is 0 Å². The third-order valence-electron chi connectivity index (χ3n) is 5.52. The largest absolute Gasteiger partial charge is 0.340 e. The molecule has 1 aliphatic carbocycles. The van der Waals surface area contributed by atoms with E-state index in [-0.39, 0.29) is 0 Å². The summed E-state index contributed by atoms with van der Waals surface area (Å²) in [5, 5.41) is 4.07. The molecule has 1 fully saturated rings. The van der Waals surface area contributed by atoms with Gasteiger partial charge in [-0.05, 0) is 64.1 Å². The van der Waals surface area contributed by atoms with Crippen molar-refractivity contribution < 1.29 is 4.52 Å². The Labute approximate surface area is 146 Å². The first-order chi connectivity index (χ1) is 11.7. The zero-order valence-corrected chi connectivity index (χ0v) is 15.3. The van der Waals surface area contributed by atoms with Gasteiger partial charge >= 0.3 is 0 Å². The summed E-state index contributed by atoms with van der Waals surface area (Å²) < 4.78 is 5.12. The predicted octanol–water partition coefficient (Wildman–Crippen LogP) is 3.41. The standard InChI is InChI=1S/C19H32N4O/c1-3-23(15-19-20-16(2)24-21-19)18-10-7-12-22(13-11-18)14-17-8-5-4-6-9-17/h4-5,17-18H,3,6-15H2,1-2H3/t17-,18+/m0/s1. The second-order valence-corrected chi connectivity index (χ2v) is 7.33. The van der Waals surface area contributed by atoms with Crippen molar-refractivity contribution in [3.63, 3.8) is 0 Å². The maximum atomic E-state index is 5.12. The van der Waals surface area contributed by atoms with Gasteiger partial charge in [-0.25, -0.2) is 0 Å². The number of likely N-dealkylation sites (tertiary alicyclic amines) is 1. The first-order valence-electron chi connectivity index (χ1n) is 9.65. The Kier molecular flexibility index (Phi) is 6.44. The van der Waals surface area contributed by atoms with Crippen LogP contribution in [0.25, 0.3) is 0 Å². The first-order valence-corrected chi connectivity index (χ1v) is 9.65. The van der Waals surface area contributed by atoms with E-state index in [0.29, 0.717) is 11.9 Å². The highest BCUT2D eigenvalue weighted by atomic mass is 16.5. The van der Waals surface area contributed by atoms with Crippen LogP contribution < -0.4 is 0 Å². The van der Waals surface area contributed by atoms with Gasteiger partial charge in [0.05, 0.1) is 6.54 Å². The minimum Gasteiger partial charge on any atom is -0.340 e. The lowest BCUT2D eigenvalue weighted by Crippen LogP contribution is -2.36. The number of aromatic nitrogens is 2. The molecule has 3 rings (SSSR count). The topological polar surface area (TPSA) is 45.4 Å². The van der Waals surface area contributed by atoms with E-state index in [1.807, 2.05) is 6.92 Å². The van der Waals surface area contributed by atoms with Gasteiger partial charge in [-0.1, -0.05) is 24.2 Å². The number of hydrogen-bond donors (Lipinski definition) is 0. The maximum Gasteiger partial charge on any atom is 0.223 e. The Morgan fingerprint density at radius 1 is 1.25 bits per heavy atom.